The molecular weight excluding hydrogens is 728 g/mol. The summed E-state index contributed by atoms with van der Waals surface area (Å²) >= 11 is 0. The third kappa shape index (κ3) is 32.7. The summed E-state index contributed by atoms with van der Waals surface area (Å²) in [5, 5.41) is 29.3. The van der Waals surface area contributed by atoms with Crippen molar-refractivity contribution in [1.29, 1.82) is 0 Å². The fraction of sp³-hybridized carbons (Fsp3) is 0.622. The number of nitro groups is 2. The molecule has 0 radical (unpaired) electrons. The Labute approximate surface area is 322 Å². The molecule has 0 fully saturated rings. The lowest BCUT2D eigenvalue weighted by atomic mass is 10.2. The molecule has 0 atom stereocenters. The summed E-state index contributed by atoms with van der Waals surface area (Å²) < 4.78 is 47.0. The maximum atomic E-state index is 11.4. The first kappa shape index (κ1) is 50.5. The molecule has 55 heavy (non-hydrogen) atoms. The van der Waals surface area contributed by atoms with Gasteiger partial charge in [-0.15, -0.1) is 0 Å². The molecule has 2 aromatic carbocycles. The van der Waals surface area contributed by atoms with Crippen molar-refractivity contribution in [3.8, 4) is 11.5 Å². The minimum absolute atomic E-state index is 0.0159. The van der Waals surface area contributed by atoms with E-state index in [9.17, 15) is 29.8 Å². The van der Waals surface area contributed by atoms with Crippen molar-refractivity contribution in [2.24, 2.45) is 0 Å². The predicted molar refractivity (Wildman–Crippen MR) is 200 cm³/mol. The molecule has 0 heterocycles. The van der Waals surface area contributed by atoms with Crippen molar-refractivity contribution in [2.75, 3.05) is 85.9 Å². The Morgan fingerprint density at radius 3 is 1.22 bits per heavy atom. The van der Waals surface area contributed by atoms with E-state index in [1.165, 1.54) is 36.4 Å². The Morgan fingerprint density at radius 1 is 0.545 bits per heavy atom. The van der Waals surface area contributed by atoms with Gasteiger partial charge in [-0.1, -0.05) is 6.92 Å². The van der Waals surface area contributed by atoms with E-state index in [2.05, 4.69) is 6.92 Å². The number of carbonyl (C=O) groups is 2. The molecule has 18 heteroatoms. The molecule has 0 unspecified atom stereocenters. The van der Waals surface area contributed by atoms with E-state index in [4.69, 9.17) is 47.7 Å². The average molecular weight is 787 g/mol. The molecule has 2 rings (SSSR count). The number of benzene rings is 2. The first-order valence-electron chi connectivity index (χ1n) is 17.6. The molecule has 0 aromatic heterocycles. The van der Waals surface area contributed by atoms with Crippen LogP contribution in [0.3, 0.4) is 0 Å². The van der Waals surface area contributed by atoms with Crippen molar-refractivity contribution in [3.05, 3.63) is 68.8 Å². The zero-order valence-electron chi connectivity index (χ0n) is 33.0. The first-order valence-corrected chi connectivity index (χ1v) is 17.6. The van der Waals surface area contributed by atoms with Crippen LogP contribution < -0.4 is 4.74 Å². The van der Waals surface area contributed by atoms with Crippen LogP contribution in [-0.4, -0.2) is 124 Å². The van der Waals surface area contributed by atoms with E-state index < -0.39 is 27.0 Å². The minimum Gasteiger partial charge on any atom is -0.508 e. The predicted octanol–water partition coefficient (Wildman–Crippen LogP) is 5.45. The van der Waals surface area contributed by atoms with Gasteiger partial charge >= 0.3 is 11.9 Å². The number of hydrogen-bond donors (Lipinski definition) is 1. The van der Waals surface area contributed by atoms with Crippen molar-refractivity contribution in [1.82, 2.24) is 0 Å². The average Bonchev–Trinajstić information content (AvgIpc) is 3.09. The Bertz CT molecular complexity index is 1330. The Balaban J connectivity index is 0.000000889. The van der Waals surface area contributed by atoms with Gasteiger partial charge in [-0.3, -0.25) is 20.2 Å². The van der Waals surface area contributed by atoms with E-state index in [0.717, 1.165) is 13.0 Å². The number of nitrogens with zero attached hydrogens (tertiary/aromatic N) is 2. The molecule has 0 spiro atoms. The fourth-order valence-electron chi connectivity index (χ4n) is 3.53. The summed E-state index contributed by atoms with van der Waals surface area (Å²) in [5.41, 5.74) is -0.979. The molecule has 0 aliphatic rings. The highest BCUT2D eigenvalue weighted by Crippen LogP contribution is 2.17. The second-order valence-electron chi connectivity index (χ2n) is 13.1. The monoisotopic (exact) mass is 786 g/mol. The van der Waals surface area contributed by atoms with Crippen LogP contribution in [0.1, 0.15) is 54.9 Å². The number of nitro benzene ring substituents is 2. The van der Waals surface area contributed by atoms with E-state index >= 15 is 0 Å². The lowest BCUT2D eigenvalue weighted by Gasteiger charge is -2.19. The van der Waals surface area contributed by atoms with Gasteiger partial charge in [0.15, 0.2) is 0 Å². The topological polar surface area (TPSA) is 224 Å². The lowest BCUT2D eigenvalue weighted by molar-refractivity contribution is -0.385. The zero-order chi connectivity index (χ0) is 41.5. The molecule has 1 N–H and O–H groups in total. The van der Waals surface area contributed by atoms with Crippen LogP contribution in [0.4, 0.5) is 11.4 Å². The van der Waals surface area contributed by atoms with Gasteiger partial charge in [0.2, 0.25) is 0 Å². The molecule has 0 aliphatic heterocycles. The smallest absolute Gasteiger partial charge is 0.332 e. The highest BCUT2D eigenvalue weighted by Gasteiger charge is 2.17. The van der Waals surface area contributed by atoms with Crippen molar-refractivity contribution < 1.29 is 67.2 Å². The molecule has 0 saturated heterocycles. The Morgan fingerprint density at radius 2 is 0.873 bits per heavy atom. The molecule has 0 bridgehead atoms. The van der Waals surface area contributed by atoms with Crippen LogP contribution in [0.2, 0.25) is 0 Å². The van der Waals surface area contributed by atoms with Crippen LogP contribution in [0.25, 0.3) is 0 Å². The van der Waals surface area contributed by atoms with Gasteiger partial charge in [0.1, 0.15) is 42.5 Å². The second-order valence-corrected chi connectivity index (χ2v) is 13.1. The van der Waals surface area contributed by atoms with Gasteiger partial charge in [-0.2, -0.15) is 0 Å². The van der Waals surface area contributed by atoms with E-state index in [-0.39, 0.29) is 36.3 Å². The van der Waals surface area contributed by atoms with Crippen molar-refractivity contribution >= 4 is 23.3 Å². The number of aromatic hydroxyl groups is 1. The summed E-state index contributed by atoms with van der Waals surface area (Å²) in [6.07, 6.45) is 1.01. The van der Waals surface area contributed by atoms with E-state index in [1.54, 1.807) is 32.9 Å². The summed E-state index contributed by atoms with van der Waals surface area (Å²) in [6, 6.07) is 10.9. The van der Waals surface area contributed by atoms with Crippen LogP contribution >= 0.6 is 0 Å². The van der Waals surface area contributed by atoms with Crippen LogP contribution in [0.5, 0.6) is 11.5 Å². The summed E-state index contributed by atoms with van der Waals surface area (Å²) in [5.74, 6) is -0.180. The van der Waals surface area contributed by atoms with Gasteiger partial charge in [0, 0.05) is 30.9 Å². The molecule has 312 valence electrons. The number of rotatable bonds is 24. The minimum atomic E-state index is -0.517. The SMILES string of the molecule is CC(C)(C)OC(=O)COCCOCCOCCOc1ccc([N+](=O)[O-])cc1.CCCOCCOCCOCC(=O)OC(C)(C)C.O=[N+]([O-])c1ccc(O)cc1. The van der Waals surface area contributed by atoms with Crippen molar-refractivity contribution in [2.45, 2.75) is 66.1 Å². The van der Waals surface area contributed by atoms with Gasteiger partial charge in [-0.25, -0.2) is 9.59 Å². The lowest BCUT2D eigenvalue weighted by Crippen LogP contribution is -2.27. The normalized spacial score (nSPS) is 11.0. The summed E-state index contributed by atoms with van der Waals surface area (Å²) in [6.45, 7) is 17.7. The number of ether oxygens (including phenoxy) is 9. The standard InChI is InChI=1S/C18H27NO8.C13H26O5.C6H5NO3/c1-18(2,3)27-17(20)14-25-11-10-23-8-9-24-12-13-26-16-6-4-15(5-7-16)19(21)22;1-5-6-15-7-8-16-9-10-17-11-12(14)18-13(2,3)4;8-6-3-1-5(2-4-6)7(9)10/h4-7H,8-14H2,1-3H3;5-11H2,1-4H3;1-4,8H. The van der Waals surface area contributed by atoms with Crippen LogP contribution in [0.15, 0.2) is 48.5 Å². The van der Waals surface area contributed by atoms with Crippen LogP contribution in [-0.2, 0) is 47.5 Å². The number of esters is 2. The second kappa shape index (κ2) is 29.8. The Hall–Kier alpha value is -4.46. The fourth-order valence-corrected chi connectivity index (χ4v) is 3.53. The van der Waals surface area contributed by atoms with E-state index in [1.807, 2.05) is 20.8 Å². The molecular formula is C37H58N2O16. The van der Waals surface area contributed by atoms with Gasteiger partial charge in [-0.05, 0) is 72.2 Å². The highest BCUT2D eigenvalue weighted by atomic mass is 16.6. The van der Waals surface area contributed by atoms with Gasteiger partial charge in [0.25, 0.3) is 11.4 Å². The first-order chi connectivity index (χ1) is 25.9. The Kier molecular flexibility index (Phi) is 27.4. The number of hydrogen-bond acceptors (Lipinski definition) is 16. The maximum absolute atomic E-state index is 11.4. The summed E-state index contributed by atoms with van der Waals surface area (Å²) in [7, 11) is 0. The molecule has 0 aliphatic carbocycles. The third-order valence-corrected chi connectivity index (χ3v) is 5.72. The highest BCUT2D eigenvalue weighted by molar-refractivity contribution is 5.71. The largest absolute Gasteiger partial charge is 0.508 e. The summed E-state index contributed by atoms with van der Waals surface area (Å²) in [4.78, 5) is 42.3. The number of carbonyl (C=O) groups excluding carboxylic acids is 2. The molecule has 0 saturated carbocycles. The van der Waals surface area contributed by atoms with Crippen LogP contribution in [0, 0.1) is 20.2 Å². The number of phenolic OH excluding ortho intramolecular Hbond substituents is 1. The van der Waals surface area contributed by atoms with Gasteiger partial charge < -0.3 is 47.7 Å². The van der Waals surface area contributed by atoms with E-state index in [0.29, 0.717) is 71.8 Å². The van der Waals surface area contributed by atoms with Gasteiger partial charge in [0.05, 0.1) is 69.3 Å². The maximum Gasteiger partial charge on any atom is 0.332 e. The molecule has 0 amide bonds. The number of non-ortho nitro benzene ring substituents is 2. The zero-order valence-corrected chi connectivity index (χ0v) is 33.0. The van der Waals surface area contributed by atoms with Crippen molar-refractivity contribution in [3.63, 3.8) is 0 Å². The third-order valence-electron chi connectivity index (χ3n) is 5.72. The quantitative estimate of drug-likeness (QED) is 0.0604. The number of phenols is 1. The molecule has 18 nitrogen and oxygen atoms in total. The molecule has 2 aromatic rings.